The molecule has 0 radical (unpaired) electrons. The second-order valence-corrected chi connectivity index (χ2v) is 10.6. The Morgan fingerprint density at radius 3 is 2.50 bits per heavy atom. The number of ether oxygens (including phenoxy) is 1. The molecule has 0 aromatic heterocycles. The first-order valence-corrected chi connectivity index (χ1v) is 13.9. The minimum atomic E-state index is -1.06. The van der Waals surface area contributed by atoms with Gasteiger partial charge in [0.15, 0.2) is 0 Å². The first kappa shape index (κ1) is 28.0. The Hall–Kier alpha value is -2.97. The summed E-state index contributed by atoms with van der Waals surface area (Å²) < 4.78 is 6.54. The van der Waals surface area contributed by atoms with Crippen LogP contribution >= 0.6 is 0 Å². The maximum absolute atomic E-state index is 14.1. The van der Waals surface area contributed by atoms with E-state index in [1.165, 1.54) is 4.90 Å². The lowest BCUT2D eigenvalue weighted by molar-refractivity contribution is -0.149. The van der Waals surface area contributed by atoms with Crippen LogP contribution in [0.25, 0.3) is 0 Å². The standard InChI is InChI=1S/C30H41N3O5/c1-4-7-11-18-31(16-5-2)29(37)26-30-15-14-23(38-30)24(25(30)28(36)33(26)19-20-34)27(35)32(17-6-3)21-22-12-9-8-10-13-22/h5-6,8-10,12-13,23-26,34H,2-4,7,11,14-21H2,1H3/t23-,24+,25+,26?,30?/m1/s1. The maximum Gasteiger partial charge on any atom is 0.248 e. The summed E-state index contributed by atoms with van der Waals surface area (Å²) in [5.74, 6) is -2.04. The van der Waals surface area contributed by atoms with Crippen LogP contribution in [0.5, 0.6) is 0 Å². The number of rotatable bonds is 14. The van der Waals surface area contributed by atoms with Gasteiger partial charge >= 0.3 is 0 Å². The molecule has 1 aromatic carbocycles. The average Bonchev–Trinajstić information content (AvgIpc) is 3.56. The molecule has 1 spiro atoms. The van der Waals surface area contributed by atoms with E-state index in [2.05, 4.69) is 20.1 Å². The molecule has 3 aliphatic heterocycles. The molecule has 3 fully saturated rings. The van der Waals surface area contributed by atoms with E-state index in [1.807, 2.05) is 30.3 Å². The zero-order chi connectivity index (χ0) is 27.3. The van der Waals surface area contributed by atoms with Gasteiger partial charge in [-0.1, -0.05) is 62.2 Å². The van der Waals surface area contributed by atoms with E-state index in [9.17, 15) is 19.5 Å². The highest BCUT2D eigenvalue weighted by molar-refractivity contribution is 5.99. The number of likely N-dealkylation sites (tertiary alicyclic amines) is 1. The quantitative estimate of drug-likeness (QED) is 0.299. The second kappa shape index (κ2) is 12.3. The van der Waals surface area contributed by atoms with Crippen molar-refractivity contribution in [3.05, 3.63) is 61.2 Å². The Morgan fingerprint density at radius 1 is 1.13 bits per heavy atom. The molecule has 8 nitrogen and oxygen atoms in total. The number of hydrogen-bond donors (Lipinski definition) is 1. The lowest BCUT2D eigenvalue weighted by atomic mass is 9.70. The van der Waals surface area contributed by atoms with Crippen molar-refractivity contribution in [2.24, 2.45) is 11.8 Å². The molecule has 38 heavy (non-hydrogen) atoms. The van der Waals surface area contributed by atoms with Crippen molar-refractivity contribution in [2.75, 3.05) is 32.8 Å². The monoisotopic (exact) mass is 523 g/mol. The van der Waals surface area contributed by atoms with E-state index in [4.69, 9.17) is 4.74 Å². The van der Waals surface area contributed by atoms with Gasteiger partial charge in [-0.15, -0.1) is 13.2 Å². The fraction of sp³-hybridized carbons (Fsp3) is 0.567. The largest absolute Gasteiger partial charge is 0.395 e. The number of aliphatic hydroxyl groups excluding tert-OH is 1. The summed E-state index contributed by atoms with van der Waals surface area (Å²) in [6, 6.07) is 8.86. The predicted octanol–water partition coefficient (Wildman–Crippen LogP) is 2.77. The predicted molar refractivity (Wildman–Crippen MR) is 145 cm³/mol. The zero-order valence-electron chi connectivity index (χ0n) is 22.5. The Morgan fingerprint density at radius 2 is 1.84 bits per heavy atom. The SMILES string of the molecule is C=CCN(CCCCC)C(=O)C1N(CCO)C(=O)[C@@H]2[C@@H](C(=O)N(CC=C)Cc3ccccc3)[C@H]3CCC12O3. The summed E-state index contributed by atoms with van der Waals surface area (Å²) in [7, 11) is 0. The van der Waals surface area contributed by atoms with Gasteiger partial charge < -0.3 is 24.5 Å². The van der Waals surface area contributed by atoms with Crippen LogP contribution in [-0.4, -0.2) is 88.1 Å². The van der Waals surface area contributed by atoms with E-state index >= 15 is 0 Å². The summed E-state index contributed by atoms with van der Waals surface area (Å²) in [5, 5.41) is 9.82. The number of unbranched alkanes of at least 4 members (excludes halogenated alkanes) is 2. The Balaban J connectivity index is 1.65. The van der Waals surface area contributed by atoms with Crippen molar-refractivity contribution >= 4 is 17.7 Å². The lowest BCUT2D eigenvalue weighted by Crippen LogP contribution is -2.56. The molecule has 1 N–H and O–H groups in total. The molecule has 3 saturated heterocycles. The molecular formula is C30H41N3O5. The molecule has 5 atom stereocenters. The fourth-order valence-electron chi connectivity index (χ4n) is 6.64. The third-order valence-electron chi connectivity index (χ3n) is 8.23. The highest BCUT2D eigenvalue weighted by Crippen LogP contribution is 2.58. The van der Waals surface area contributed by atoms with E-state index < -0.39 is 29.6 Å². The number of β-amino-alcohol motifs (C(OH)–C–C–N with tert-alkyl or cyclic N) is 1. The topological polar surface area (TPSA) is 90.4 Å². The van der Waals surface area contributed by atoms with Crippen molar-refractivity contribution in [3.63, 3.8) is 0 Å². The van der Waals surface area contributed by atoms with Gasteiger partial charge in [0.05, 0.1) is 24.5 Å². The fourth-order valence-corrected chi connectivity index (χ4v) is 6.64. The Labute approximate surface area is 225 Å². The number of carbonyl (C=O) groups excluding carboxylic acids is 3. The van der Waals surface area contributed by atoms with Crippen LogP contribution < -0.4 is 0 Å². The van der Waals surface area contributed by atoms with Gasteiger partial charge in [0.2, 0.25) is 17.7 Å². The van der Waals surface area contributed by atoms with Crippen molar-refractivity contribution in [1.29, 1.82) is 0 Å². The number of hydrogen-bond acceptors (Lipinski definition) is 5. The summed E-state index contributed by atoms with van der Waals surface area (Å²) in [5.41, 5.74) is -0.0770. The van der Waals surface area contributed by atoms with Gasteiger partial charge in [-0.25, -0.2) is 0 Å². The first-order chi connectivity index (χ1) is 18.4. The number of benzene rings is 1. The molecule has 206 valence electrons. The molecule has 3 heterocycles. The van der Waals surface area contributed by atoms with Gasteiger partial charge in [-0.2, -0.15) is 0 Å². The third-order valence-corrected chi connectivity index (χ3v) is 8.23. The van der Waals surface area contributed by atoms with Crippen LogP contribution in [-0.2, 0) is 25.7 Å². The molecule has 4 rings (SSSR count). The van der Waals surface area contributed by atoms with Crippen molar-refractivity contribution in [3.8, 4) is 0 Å². The van der Waals surface area contributed by atoms with Crippen LogP contribution in [0.4, 0.5) is 0 Å². The van der Waals surface area contributed by atoms with Crippen LogP contribution in [0.3, 0.4) is 0 Å². The van der Waals surface area contributed by atoms with Crippen LogP contribution in [0.1, 0.15) is 44.6 Å². The average molecular weight is 524 g/mol. The van der Waals surface area contributed by atoms with Gasteiger partial charge in [0, 0.05) is 32.7 Å². The number of fused-ring (bicyclic) bond motifs is 1. The number of amides is 3. The minimum absolute atomic E-state index is 0.0275. The zero-order valence-corrected chi connectivity index (χ0v) is 22.5. The summed E-state index contributed by atoms with van der Waals surface area (Å²) in [4.78, 5) is 46.9. The van der Waals surface area contributed by atoms with Crippen molar-refractivity contribution < 1.29 is 24.2 Å². The smallest absolute Gasteiger partial charge is 0.248 e. The van der Waals surface area contributed by atoms with E-state index in [-0.39, 0.29) is 30.9 Å². The number of carbonyl (C=O) groups is 3. The van der Waals surface area contributed by atoms with Crippen LogP contribution in [0.2, 0.25) is 0 Å². The minimum Gasteiger partial charge on any atom is -0.395 e. The highest BCUT2D eigenvalue weighted by atomic mass is 16.5. The molecular weight excluding hydrogens is 482 g/mol. The molecule has 0 saturated carbocycles. The summed E-state index contributed by atoms with van der Waals surface area (Å²) in [6.07, 6.45) is 6.99. The third kappa shape index (κ3) is 5.04. The normalized spacial score (nSPS) is 27.3. The summed E-state index contributed by atoms with van der Waals surface area (Å²) >= 11 is 0. The van der Waals surface area contributed by atoms with Crippen LogP contribution in [0.15, 0.2) is 55.6 Å². The number of nitrogens with zero attached hydrogens (tertiary/aromatic N) is 3. The molecule has 0 aliphatic carbocycles. The molecule has 2 bridgehead atoms. The van der Waals surface area contributed by atoms with Gasteiger partial charge in [-0.3, -0.25) is 14.4 Å². The van der Waals surface area contributed by atoms with Gasteiger partial charge in [0.1, 0.15) is 11.6 Å². The Kier molecular flexibility index (Phi) is 9.05. The molecule has 8 heteroatoms. The maximum atomic E-state index is 14.1. The molecule has 3 amide bonds. The lowest BCUT2D eigenvalue weighted by Gasteiger charge is -2.37. The number of aliphatic hydroxyl groups is 1. The van der Waals surface area contributed by atoms with Crippen LogP contribution in [0, 0.1) is 11.8 Å². The highest BCUT2D eigenvalue weighted by Gasteiger charge is 2.74. The summed E-state index contributed by atoms with van der Waals surface area (Å²) in [6.45, 7) is 11.2. The van der Waals surface area contributed by atoms with Crippen molar-refractivity contribution in [2.45, 2.75) is 63.3 Å². The first-order valence-electron chi connectivity index (χ1n) is 13.9. The van der Waals surface area contributed by atoms with E-state index in [0.717, 1.165) is 24.8 Å². The van der Waals surface area contributed by atoms with Crippen molar-refractivity contribution in [1.82, 2.24) is 14.7 Å². The van der Waals surface area contributed by atoms with E-state index in [1.54, 1.807) is 22.0 Å². The van der Waals surface area contributed by atoms with Gasteiger partial charge in [-0.05, 0) is 24.8 Å². The molecule has 1 aromatic rings. The van der Waals surface area contributed by atoms with Gasteiger partial charge in [0.25, 0.3) is 0 Å². The Bertz CT molecular complexity index is 1030. The van der Waals surface area contributed by atoms with E-state index in [0.29, 0.717) is 39.0 Å². The molecule has 3 aliphatic rings. The molecule has 2 unspecified atom stereocenters. The second-order valence-electron chi connectivity index (χ2n) is 10.6.